The van der Waals surface area contributed by atoms with Gasteiger partial charge in [-0.25, -0.2) is 4.79 Å². The smallest absolute Gasteiger partial charge is 0.319 e. The fraction of sp³-hybridized carbons (Fsp3) is 0.294. The van der Waals surface area contributed by atoms with E-state index in [4.69, 9.17) is 0 Å². The Kier molecular flexibility index (Phi) is 6.75. The molecule has 5 nitrogen and oxygen atoms in total. The second-order valence-electron chi connectivity index (χ2n) is 5.55. The van der Waals surface area contributed by atoms with Crippen LogP contribution in [0.4, 0.5) is 16.2 Å². The summed E-state index contributed by atoms with van der Waals surface area (Å²) in [5.74, 6) is 1.70. The summed E-state index contributed by atoms with van der Waals surface area (Å²) in [5, 5.41) is 5.61. The molecule has 0 radical (unpaired) electrons. The molecule has 3 N–H and O–H groups in total. The van der Waals surface area contributed by atoms with Gasteiger partial charge in [-0.1, -0.05) is 31.9 Å². The van der Waals surface area contributed by atoms with Crippen LogP contribution in [0, 0.1) is 5.92 Å². The molecule has 23 heavy (non-hydrogen) atoms. The summed E-state index contributed by atoms with van der Waals surface area (Å²) in [6.45, 7) is 4.82. The van der Waals surface area contributed by atoms with Gasteiger partial charge in [-0.2, -0.15) is 0 Å². The number of nitrogens with zero attached hydrogens (tertiary/aromatic N) is 1. The molecule has 0 unspecified atom stereocenters. The van der Waals surface area contributed by atoms with Crippen molar-refractivity contribution in [1.29, 1.82) is 0 Å². The molecule has 1 aromatic heterocycles. The van der Waals surface area contributed by atoms with Crippen LogP contribution in [-0.4, -0.2) is 16.8 Å². The average molecular weight is 330 g/mol. The van der Waals surface area contributed by atoms with Crippen LogP contribution < -0.4 is 15.4 Å². The maximum absolute atomic E-state index is 11.9. The van der Waals surface area contributed by atoms with Crippen LogP contribution in [0.1, 0.15) is 19.4 Å². The van der Waals surface area contributed by atoms with Crippen molar-refractivity contribution in [3.63, 3.8) is 0 Å². The van der Waals surface area contributed by atoms with E-state index in [0.29, 0.717) is 12.5 Å². The number of hydrogen-bond donors (Lipinski definition) is 3. The Labute approximate surface area is 141 Å². The minimum atomic E-state index is -0.233. The van der Waals surface area contributed by atoms with Gasteiger partial charge in [0.2, 0.25) is 0 Å². The van der Waals surface area contributed by atoms with Crippen LogP contribution in [0.25, 0.3) is 0 Å². The minimum absolute atomic E-state index is 0.233. The monoisotopic (exact) mass is 330 g/mol. The molecular formula is C17H22N4OS. The fourth-order valence-electron chi connectivity index (χ4n) is 1.77. The number of rotatable bonds is 7. The summed E-state index contributed by atoms with van der Waals surface area (Å²) in [5.41, 5.74) is 2.74. The predicted molar refractivity (Wildman–Crippen MR) is 97.5 cm³/mol. The quantitative estimate of drug-likeness (QED) is 0.668. The lowest BCUT2D eigenvalue weighted by Gasteiger charge is -2.10. The molecule has 0 saturated heterocycles. The van der Waals surface area contributed by atoms with E-state index in [1.165, 1.54) is 0 Å². The molecule has 0 fully saturated rings. The van der Waals surface area contributed by atoms with E-state index in [-0.39, 0.29) is 6.03 Å². The first-order valence-corrected chi connectivity index (χ1v) is 8.53. The van der Waals surface area contributed by atoms with Gasteiger partial charge in [-0.3, -0.25) is 4.98 Å². The van der Waals surface area contributed by atoms with E-state index in [1.54, 1.807) is 24.3 Å². The van der Waals surface area contributed by atoms with Gasteiger partial charge in [0.15, 0.2) is 0 Å². The molecule has 0 atom stereocenters. The molecule has 1 aromatic carbocycles. The summed E-state index contributed by atoms with van der Waals surface area (Å²) in [6.07, 6.45) is 3.44. The summed E-state index contributed by atoms with van der Waals surface area (Å²) >= 11 is 1.68. The maximum Gasteiger partial charge on any atom is 0.319 e. The van der Waals surface area contributed by atoms with Crippen molar-refractivity contribution in [2.24, 2.45) is 5.92 Å². The fourth-order valence-corrected chi connectivity index (χ4v) is 2.49. The lowest BCUT2D eigenvalue weighted by Crippen LogP contribution is -2.28. The van der Waals surface area contributed by atoms with Crippen LogP contribution >= 0.6 is 11.9 Å². The zero-order valence-corrected chi connectivity index (χ0v) is 14.2. The normalized spacial score (nSPS) is 10.4. The molecule has 0 aliphatic carbocycles. The number of carbonyl (C=O) groups is 1. The highest BCUT2D eigenvalue weighted by Crippen LogP contribution is 2.17. The number of amides is 2. The van der Waals surface area contributed by atoms with Gasteiger partial charge in [-0.15, -0.1) is 0 Å². The molecule has 0 spiro atoms. The first kappa shape index (κ1) is 17.1. The van der Waals surface area contributed by atoms with Gasteiger partial charge in [0.25, 0.3) is 0 Å². The van der Waals surface area contributed by atoms with E-state index in [0.717, 1.165) is 22.7 Å². The van der Waals surface area contributed by atoms with Crippen LogP contribution in [0.2, 0.25) is 0 Å². The first-order chi connectivity index (χ1) is 11.1. The number of urea groups is 1. The van der Waals surface area contributed by atoms with Crippen LogP contribution in [0.5, 0.6) is 0 Å². The van der Waals surface area contributed by atoms with E-state index in [9.17, 15) is 4.79 Å². The summed E-state index contributed by atoms with van der Waals surface area (Å²) in [4.78, 5) is 15.9. The van der Waals surface area contributed by atoms with E-state index >= 15 is 0 Å². The number of benzene rings is 1. The summed E-state index contributed by atoms with van der Waals surface area (Å²) in [7, 11) is 0. The molecule has 2 rings (SSSR count). The molecule has 1 heterocycles. The Balaban J connectivity index is 1.75. The second-order valence-corrected chi connectivity index (χ2v) is 6.38. The second kappa shape index (κ2) is 9.05. The molecule has 0 bridgehead atoms. The van der Waals surface area contributed by atoms with Crippen molar-refractivity contribution >= 4 is 29.4 Å². The number of nitrogens with one attached hydrogen (secondary N) is 3. The van der Waals surface area contributed by atoms with Crippen molar-refractivity contribution in [3.8, 4) is 0 Å². The Morgan fingerprint density at radius 1 is 1.17 bits per heavy atom. The zero-order chi connectivity index (χ0) is 16.5. The molecule has 2 aromatic rings. The number of carbonyl (C=O) groups excluding carboxylic acids is 1. The average Bonchev–Trinajstić information content (AvgIpc) is 2.55. The van der Waals surface area contributed by atoms with E-state index < -0.39 is 0 Å². The van der Waals surface area contributed by atoms with Crippen molar-refractivity contribution in [3.05, 3.63) is 54.4 Å². The highest BCUT2D eigenvalue weighted by Gasteiger charge is 2.02. The maximum atomic E-state index is 11.9. The number of pyridine rings is 1. The number of aromatic nitrogens is 1. The molecule has 0 aliphatic rings. The van der Waals surface area contributed by atoms with Crippen molar-refractivity contribution in [2.75, 3.05) is 15.8 Å². The Hall–Kier alpha value is -2.21. The zero-order valence-electron chi connectivity index (χ0n) is 13.4. The number of anilines is 2. The van der Waals surface area contributed by atoms with Crippen molar-refractivity contribution in [2.45, 2.75) is 20.4 Å². The summed E-state index contributed by atoms with van der Waals surface area (Å²) in [6, 6.07) is 11.2. The van der Waals surface area contributed by atoms with Gasteiger partial charge in [0.1, 0.15) is 0 Å². The van der Waals surface area contributed by atoms with E-state index in [1.807, 2.05) is 36.4 Å². The minimum Gasteiger partial charge on any atom is -0.334 e. The lowest BCUT2D eigenvalue weighted by molar-refractivity contribution is 0.251. The highest BCUT2D eigenvalue weighted by atomic mass is 32.2. The standard InChI is InChI=1S/C17H22N4OS/c1-13(2)12-23-21-16-7-5-15(6-8-16)20-17(22)19-11-14-4-3-9-18-10-14/h3-10,13,21H,11-12H2,1-2H3,(H2,19,20,22). The van der Waals surface area contributed by atoms with Gasteiger partial charge in [-0.05, 0) is 41.8 Å². The topological polar surface area (TPSA) is 66.0 Å². The third-order valence-electron chi connectivity index (χ3n) is 2.93. The third-order valence-corrected chi connectivity index (χ3v) is 4.14. The molecular weight excluding hydrogens is 308 g/mol. The lowest BCUT2D eigenvalue weighted by atomic mass is 10.3. The van der Waals surface area contributed by atoms with Gasteiger partial charge >= 0.3 is 6.03 Å². The first-order valence-electron chi connectivity index (χ1n) is 7.55. The van der Waals surface area contributed by atoms with Gasteiger partial charge in [0.05, 0.1) is 0 Å². The van der Waals surface area contributed by atoms with Crippen LogP contribution in [0.3, 0.4) is 0 Å². The van der Waals surface area contributed by atoms with Gasteiger partial charge < -0.3 is 15.4 Å². The SMILES string of the molecule is CC(C)CSNc1ccc(NC(=O)NCc2cccnc2)cc1. The summed E-state index contributed by atoms with van der Waals surface area (Å²) < 4.78 is 3.28. The Morgan fingerprint density at radius 2 is 1.91 bits per heavy atom. The Morgan fingerprint density at radius 3 is 2.57 bits per heavy atom. The van der Waals surface area contributed by atoms with Gasteiger partial charge in [0, 0.05) is 36.1 Å². The number of hydrogen-bond acceptors (Lipinski definition) is 4. The molecule has 122 valence electrons. The molecule has 6 heteroatoms. The largest absolute Gasteiger partial charge is 0.334 e. The third kappa shape index (κ3) is 6.61. The molecule has 2 amide bonds. The van der Waals surface area contributed by atoms with Crippen molar-refractivity contribution in [1.82, 2.24) is 10.3 Å². The molecule has 0 aliphatic heterocycles. The van der Waals surface area contributed by atoms with Crippen LogP contribution in [-0.2, 0) is 6.54 Å². The van der Waals surface area contributed by atoms with Crippen LogP contribution in [0.15, 0.2) is 48.8 Å². The van der Waals surface area contributed by atoms with E-state index in [2.05, 4.69) is 34.2 Å². The Bertz CT molecular complexity index is 602. The highest BCUT2D eigenvalue weighted by molar-refractivity contribution is 8.00. The molecule has 0 saturated carbocycles. The van der Waals surface area contributed by atoms with Crippen molar-refractivity contribution < 1.29 is 4.79 Å². The predicted octanol–water partition coefficient (Wildman–Crippen LogP) is 4.12.